The van der Waals surface area contributed by atoms with Gasteiger partial charge in [0.2, 0.25) is 11.7 Å². The molecular formula is C22H27ClN6O. The molecule has 2 aromatic carbocycles. The van der Waals surface area contributed by atoms with E-state index < -0.39 is 6.04 Å². The number of halogens is 1. The summed E-state index contributed by atoms with van der Waals surface area (Å²) >= 11 is 0. The van der Waals surface area contributed by atoms with Gasteiger partial charge in [-0.05, 0) is 16.7 Å². The number of carbonyl (C=O) groups is 1. The summed E-state index contributed by atoms with van der Waals surface area (Å²) in [7, 11) is 0. The molecule has 1 aliphatic heterocycles. The molecule has 4 rings (SSSR count). The lowest BCUT2D eigenvalue weighted by atomic mass is 9.95. The third-order valence-electron chi connectivity index (χ3n) is 5.50. The summed E-state index contributed by atoms with van der Waals surface area (Å²) in [6.45, 7) is 5.13. The molecule has 0 saturated carbocycles. The Morgan fingerprint density at radius 3 is 2.30 bits per heavy atom. The Bertz CT molecular complexity index is 962. The molecular weight excluding hydrogens is 400 g/mol. The van der Waals surface area contributed by atoms with E-state index >= 15 is 0 Å². The van der Waals surface area contributed by atoms with Gasteiger partial charge in [-0.3, -0.25) is 4.79 Å². The van der Waals surface area contributed by atoms with Gasteiger partial charge in [0, 0.05) is 30.6 Å². The number of carbonyl (C=O) groups excluding carboxylic acids is 1. The second-order valence-corrected chi connectivity index (χ2v) is 7.91. The predicted molar refractivity (Wildman–Crippen MR) is 118 cm³/mol. The zero-order valence-corrected chi connectivity index (χ0v) is 17.9. The van der Waals surface area contributed by atoms with Crippen molar-refractivity contribution in [2.75, 3.05) is 13.1 Å². The average molecular weight is 427 g/mol. The predicted octanol–water partition coefficient (Wildman–Crippen LogP) is 2.91. The summed E-state index contributed by atoms with van der Waals surface area (Å²) in [6, 6.07) is 19.2. The van der Waals surface area contributed by atoms with Crippen LogP contribution in [0.1, 0.15) is 31.4 Å². The fraction of sp³-hybridized carbons (Fsp3) is 0.364. The van der Waals surface area contributed by atoms with Gasteiger partial charge in [0.15, 0.2) is 6.04 Å². The first kappa shape index (κ1) is 21.9. The van der Waals surface area contributed by atoms with E-state index in [2.05, 4.69) is 27.5 Å². The monoisotopic (exact) mass is 426 g/mol. The molecule has 1 aliphatic rings. The lowest BCUT2D eigenvalue weighted by Gasteiger charge is -2.25. The first-order valence-corrected chi connectivity index (χ1v) is 9.99. The van der Waals surface area contributed by atoms with Crippen LogP contribution in [0, 0.1) is 5.92 Å². The highest BCUT2D eigenvalue weighted by atomic mass is 35.5. The first-order valence-electron chi connectivity index (χ1n) is 9.99. The van der Waals surface area contributed by atoms with Crippen LogP contribution in [0.15, 0.2) is 60.7 Å². The van der Waals surface area contributed by atoms with Gasteiger partial charge in [-0.25, -0.2) is 0 Å². The molecule has 2 N–H and O–H groups in total. The zero-order valence-electron chi connectivity index (χ0n) is 17.1. The maximum Gasteiger partial charge on any atom is 0.249 e. The molecule has 1 amide bonds. The summed E-state index contributed by atoms with van der Waals surface area (Å²) in [5.74, 6) is 0.666. The van der Waals surface area contributed by atoms with E-state index in [1.165, 1.54) is 10.4 Å². The summed E-state index contributed by atoms with van der Waals surface area (Å²) in [5, 5.41) is 12.9. The highest BCUT2D eigenvalue weighted by Crippen LogP contribution is 2.29. The van der Waals surface area contributed by atoms with E-state index in [9.17, 15) is 4.79 Å². The minimum Gasteiger partial charge on any atom is -0.339 e. The van der Waals surface area contributed by atoms with Crippen LogP contribution in [0.4, 0.5) is 0 Å². The van der Waals surface area contributed by atoms with Crippen LogP contribution in [-0.4, -0.2) is 50.1 Å². The standard InChI is InChI=1S/C22H26N6O.ClH/c1-15(2)20(28-25-21(24-26-28)17-11-7-4-8-12-17)22(29)27-13-18(19(23)14-27)16-9-5-3-6-10-16;/h3-12,15,18-20H,13-14,23H2,1-2H3;1H/t18-,19+,20?;/m0./s1. The average Bonchev–Trinajstić information content (AvgIpc) is 3.36. The van der Waals surface area contributed by atoms with Gasteiger partial charge in [0.25, 0.3) is 0 Å². The van der Waals surface area contributed by atoms with Crippen LogP contribution in [0.25, 0.3) is 11.4 Å². The molecule has 0 bridgehead atoms. The highest BCUT2D eigenvalue weighted by Gasteiger charge is 2.38. The molecule has 7 nitrogen and oxygen atoms in total. The molecule has 30 heavy (non-hydrogen) atoms. The van der Waals surface area contributed by atoms with Crippen molar-refractivity contribution in [1.82, 2.24) is 25.1 Å². The summed E-state index contributed by atoms with van der Waals surface area (Å²) in [6.07, 6.45) is 0. The first-order chi connectivity index (χ1) is 14.0. The van der Waals surface area contributed by atoms with Crippen molar-refractivity contribution < 1.29 is 4.79 Å². The van der Waals surface area contributed by atoms with Gasteiger partial charge in [0.05, 0.1) is 0 Å². The van der Waals surface area contributed by atoms with E-state index in [4.69, 9.17) is 5.73 Å². The van der Waals surface area contributed by atoms with E-state index in [1.807, 2.05) is 67.3 Å². The second kappa shape index (κ2) is 9.36. The maximum absolute atomic E-state index is 13.4. The van der Waals surface area contributed by atoms with Crippen LogP contribution < -0.4 is 5.73 Å². The van der Waals surface area contributed by atoms with E-state index in [1.54, 1.807) is 0 Å². The number of hydrogen-bond donors (Lipinski definition) is 1. The Morgan fingerprint density at radius 1 is 1.03 bits per heavy atom. The smallest absolute Gasteiger partial charge is 0.249 e. The number of nitrogens with two attached hydrogens (primary N) is 1. The maximum atomic E-state index is 13.4. The minimum absolute atomic E-state index is 0. The van der Waals surface area contributed by atoms with Gasteiger partial charge in [0.1, 0.15) is 0 Å². The molecule has 1 aromatic heterocycles. The topological polar surface area (TPSA) is 89.9 Å². The fourth-order valence-corrected chi connectivity index (χ4v) is 3.95. The fourth-order valence-electron chi connectivity index (χ4n) is 3.95. The zero-order chi connectivity index (χ0) is 20.4. The number of tetrazole rings is 1. The van der Waals surface area contributed by atoms with Crippen molar-refractivity contribution in [1.29, 1.82) is 0 Å². The lowest BCUT2D eigenvalue weighted by molar-refractivity contribution is -0.135. The number of likely N-dealkylation sites (tertiary alicyclic amines) is 1. The Morgan fingerprint density at radius 2 is 1.67 bits per heavy atom. The van der Waals surface area contributed by atoms with Crippen LogP contribution in [0.2, 0.25) is 0 Å². The summed E-state index contributed by atoms with van der Waals surface area (Å²) in [4.78, 5) is 16.7. The quantitative estimate of drug-likeness (QED) is 0.677. The SMILES string of the molecule is CC(C)C(C(=O)N1C[C@@H](N)[C@H](c2ccccc2)C1)n1nnc(-c2ccccc2)n1.Cl. The second-order valence-electron chi connectivity index (χ2n) is 7.91. The summed E-state index contributed by atoms with van der Waals surface area (Å²) < 4.78 is 0. The number of hydrogen-bond acceptors (Lipinski definition) is 5. The molecule has 158 valence electrons. The number of aromatic nitrogens is 4. The largest absolute Gasteiger partial charge is 0.339 e. The molecule has 8 heteroatoms. The Hall–Kier alpha value is -2.77. The van der Waals surface area contributed by atoms with Gasteiger partial charge in [-0.15, -0.1) is 22.6 Å². The minimum atomic E-state index is -0.512. The summed E-state index contributed by atoms with van der Waals surface area (Å²) in [5.41, 5.74) is 8.43. The molecule has 0 aliphatic carbocycles. The van der Waals surface area contributed by atoms with Crippen molar-refractivity contribution in [2.24, 2.45) is 11.7 Å². The van der Waals surface area contributed by atoms with Crippen molar-refractivity contribution in [2.45, 2.75) is 31.8 Å². The van der Waals surface area contributed by atoms with E-state index in [0.29, 0.717) is 18.9 Å². The van der Waals surface area contributed by atoms with Gasteiger partial charge in [-0.2, -0.15) is 4.80 Å². The van der Waals surface area contributed by atoms with Crippen LogP contribution in [0.3, 0.4) is 0 Å². The van der Waals surface area contributed by atoms with Gasteiger partial charge >= 0.3 is 0 Å². The molecule has 3 atom stereocenters. The van der Waals surface area contributed by atoms with Crippen LogP contribution >= 0.6 is 12.4 Å². The molecule has 1 unspecified atom stereocenters. The van der Waals surface area contributed by atoms with Crippen molar-refractivity contribution in [3.63, 3.8) is 0 Å². The van der Waals surface area contributed by atoms with Crippen LogP contribution in [0.5, 0.6) is 0 Å². The lowest BCUT2D eigenvalue weighted by Crippen LogP contribution is -2.40. The Balaban J connectivity index is 0.00000256. The van der Waals surface area contributed by atoms with Gasteiger partial charge < -0.3 is 10.6 Å². The number of nitrogens with zero attached hydrogens (tertiary/aromatic N) is 5. The van der Waals surface area contributed by atoms with Crippen molar-refractivity contribution in [3.8, 4) is 11.4 Å². The Kier molecular flexibility index (Phi) is 6.84. The van der Waals surface area contributed by atoms with Gasteiger partial charge in [-0.1, -0.05) is 74.5 Å². The van der Waals surface area contributed by atoms with E-state index in [-0.39, 0.29) is 36.2 Å². The normalized spacial score (nSPS) is 19.5. The molecule has 1 saturated heterocycles. The number of rotatable bonds is 5. The molecule has 1 fully saturated rings. The van der Waals surface area contributed by atoms with Crippen molar-refractivity contribution >= 4 is 18.3 Å². The molecule has 2 heterocycles. The van der Waals surface area contributed by atoms with Crippen LogP contribution in [-0.2, 0) is 4.79 Å². The molecule has 3 aromatic rings. The number of amides is 1. The van der Waals surface area contributed by atoms with E-state index in [0.717, 1.165) is 5.56 Å². The number of benzene rings is 2. The third-order valence-corrected chi connectivity index (χ3v) is 5.50. The highest BCUT2D eigenvalue weighted by molar-refractivity contribution is 5.85. The van der Waals surface area contributed by atoms with Crippen molar-refractivity contribution in [3.05, 3.63) is 66.2 Å². The third kappa shape index (κ3) is 4.37. The Labute approximate surface area is 182 Å². The molecule has 0 spiro atoms. The molecule has 0 radical (unpaired) electrons.